The first-order valence-corrected chi connectivity index (χ1v) is 3.45. The Labute approximate surface area is 66.3 Å². The van der Waals surface area contributed by atoms with E-state index in [4.69, 9.17) is 5.11 Å². The Bertz CT molecular complexity index is 192. The summed E-state index contributed by atoms with van der Waals surface area (Å²) in [5.74, 6) is -0.745. The van der Waals surface area contributed by atoms with Crippen molar-refractivity contribution in [1.82, 2.24) is 4.57 Å². The van der Waals surface area contributed by atoms with Crippen LogP contribution in [0, 0.1) is 0 Å². The van der Waals surface area contributed by atoms with Crippen LogP contribution < -0.4 is 0 Å². The van der Waals surface area contributed by atoms with Gasteiger partial charge in [-0.15, -0.1) is 0 Å². The molecule has 11 heavy (non-hydrogen) atoms. The molecule has 0 spiro atoms. The van der Waals surface area contributed by atoms with Crippen LogP contribution in [0.1, 0.15) is 13.3 Å². The number of carboxylic acids is 1. The molecule has 1 heterocycles. The van der Waals surface area contributed by atoms with Crippen LogP contribution in [0.5, 0.6) is 0 Å². The third-order valence-corrected chi connectivity index (χ3v) is 1.06. The van der Waals surface area contributed by atoms with Gasteiger partial charge >= 0.3 is 5.97 Å². The molecule has 1 rings (SSSR count). The van der Waals surface area contributed by atoms with Gasteiger partial charge < -0.3 is 9.67 Å². The Kier molecular flexibility index (Phi) is 4.90. The maximum atomic E-state index is 9.37. The van der Waals surface area contributed by atoms with E-state index in [1.54, 1.807) is 6.92 Å². The highest BCUT2D eigenvalue weighted by Crippen LogP contribution is 1.80. The van der Waals surface area contributed by atoms with Crippen molar-refractivity contribution in [1.29, 1.82) is 0 Å². The fourth-order valence-corrected chi connectivity index (χ4v) is 0.421. The minimum absolute atomic E-state index is 0.222. The van der Waals surface area contributed by atoms with Gasteiger partial charge in [-0.3, -0.25) is 4.79 Å². The van der Waals surface area contributed by atoms with E-state index in [0.717, 1.165) is 0 Å². The number of carboxylic acid groups (broad SMARTS) is 1. The quantitative estimate of drug-likeness (QED) is 0.667. The predicted molar refractivity (Wildman–Crippen MR) is 43.3 cm³/mol. The van der Waals surface area contributed by atoms with Crippen LogP contribution in [-0.2, 0) is 11.8 Å². The van der Waals surface area contributed by atoms with E-state index in [1.165, 1.54) is 0 Å². The fraction of sp³-hybridized carbons (Fsp3) is 0.375. The molecule has 0 unspecified atom stereocenters. The van der Waals surface area contributed by atoms with Crippen molar-refractivity contribution in [2.24, 2.45) is 7.05 Å². The van der Waals surface area contributed by atoms with Crippen LogP contribution >= 0.6 is 0 Å². The molecule has 0 saturated heterocycles. The van der Waals surface area contributed by atoms with Crippen molar-refractivity contribution in [2.75, 3.05) is 0 Å². The van der Waals surface area contributed by atoms with Gasteiger partial charge in [-0.2, -0.15) is 0 Å². The number of nitrogens with zero attached hydrogens (tertiary/aromatic N) is 1. The molecule has 0 saturated carbocycles. The average Bonchev–Trinajstić information content (AvgIpc) is 2.41. The Morgan fingerprint density at radius 2 is 1.82 bits per heavy atom. The molecule has 0 atom stereocenters. The van der Waals surface area contributed by atoms with E-state index >= 15 is 0 Å². The maximum Gasteiger partial charge on any atom is 0.303 e. The molecular formula is C8H13NO2. The van der Waals surface area contributed by atoms with E-state index in [1.807, 2.05) is 36.1 Å². The Morgan fingerprint density at radius 1 is 1.45 bits per heavy atom. The molecular weight excluding hydrogens is 142 g/mol. The minimum atomic E-state index is -0.745. The molecule has 0 aliphatic rings. The van der Waals surface area contributed by atoms with Gasteiger partial charge in [0.2, 0.25) is 0 Å². The lowest BCUT2D eigenvalue weighted by atomic mass is 10.5. The second kappa shape index (κ2) is 5.53. The molecule has 1 aromatic rings. The van der Waals surface area contributed by atoms with E-state index in [9.17, 15) is 4.79 Å². The van der Waals surface area contributed by atoms with Crippen LogP contribution in [0.4, 0.5) is 0 Å². The molecule has 1 N–H and O–H groups in total. The summed E-state index contributed by atoms with van der Waals surface area (Å²) >= 11 is 0. The molecule has 0 aliphatic carbocycles. The zero-order valence-electron chi connectivity index (χ0n) is 6.82. The lowest BCUT2D eigenvalue weighted by Crippen LogP contribution is -1.86. The monoisotopic (exact) mass is 155 g/mol. The van der Waals surface area contributed by atoms with Gasteiger partial charge in [0.1, 0.15) is 0 Å². The van der Waals surface area contributed by atoms with Crippen molar-refractivity contribution in [3.63, 3.8) is 0 Å². The van der Waals surface area contributed by atoms with E-state index in [2.05, 4.69) is 0 Å². The van der Waals surface area contributed by atoms with E-state index in [-0.39, 0.29) is 6.42 Å². The van der Waals surface area contributed by atoms with Gasteiger partial charge in [0.05, 0.1) is 0 Å². The molecule has 0 aromatic carbocycles. The highest BCUT2D eigenvalue weighted by molar-refractivity contribution is 5.66. The lowest BCUT2D eigenvalue weighted by molar-refractivity contribution is -0.136. The van der Waals surface area contributed by atoms with Gasteiger partial charge in [0.25, 0.3) is 0 Å². The number of hydrogen-bond donors (Lipinski definition) is 1. The van der Waals surface area contributed by atoms with E-state index in [0.29, 0.717) is 0 Å². The maximum absolute atomic E-state index is 9.37. The highest BCUT2D eigenvalue weighted by atomic mass is 16.4. The number of hydrogen-bond acceptors (Lipinski definition) is 1. The summed E-state index contributed by atoms with van der Waals surface area (Å²) in [6.45, 7) is 1.60. The number of aromatic nitrogens is 1. The summed E-state index contributed by atoms with van der Waals surface area (Å²) in [5.41, 5.74) is 0. The molecule has 1 aromatic heterocycles. The zero-order valence-corrected chi connectivity index (χ0v) is 6.82. The number of aryl methyl sites for hydroxylation is 1. The fourth-order valence-electron chi connectivity index (χ4n) is 0.421. The van der Waals surface area contributed by atoms with Crippen LogP contribution in [-0.4, -0.2) is 15.6 Å². The topological polar surface area (TPSA) is 42.2 Å². The van der Waals surface area contributed by atoms with Crippen LogP contribution in [0.15, 0.2) is 24.5 Å². The summed E-state index contributed by atoms with van der Waals surface area (Å²) in [6, 6.07) is 4.00. The molecule has 0 bridgehead atoms. The van der Waals surface area contributed by atoms with Crippen molar-refractivity contribution in [3.8, 4) is 0 Å². The zero-order chi connectivity index (χ0) is 8.69. The largest absolute Gasteiger partial charge is 0.481 e. The van der Waals surface area contributed by atoms with Crippen molar-refractivity contribution in [2.45, 2.75) is 13.3 Å². The van der Waals surface area contributed by atoms with Gasteiger partial charge in [0, 0.05) is 25.9 Å². The molecule has 0 radical (unpaired) electrons. The van der Waals surface area contributed by atoms with Gasteiger partial charge in [-0.25, -0.2) is 0 Å². The average molecular weight is 155 g/mol. The van der Waals surface area contributed by atoms with Crippen molar-refractivity contribution in [3.05, 3.63) is 24.5 Å². The summed E-state index contributed by atoms with van der Waals surface area (Å²) in [7, 11) is 2.00. The molecule has 0 fully saturated rings. The third-order valence-electron chi connectivity index (χ3n) is 1.06. The third kappa shape index (κ3) is 6.64. The smallest absolute Gasteiger partial charge is 0.303 e. The molecule has 3 nitrogen and oxygen atoms in total. The summed E-state index contributed by atoms with van der Waals surface area (Å²) in [6.07, 6.45) is 4.22. The van der Waals surface area contributed by atoms with E-state index < -0.39 is 5.97 Å². The number of aliphatic carboxylic acids is 1. The minimum Gasteiger partial charge on any atom is -0.481 e. The van der Waals surface area contributed by atoms with Crippen molar-refractivity contribution >= 4 is 5.97 Å². The Hall–Kier alpha value is -1.25. The summed E-state index contributed by atoms with van der Waals surface area (Å²) < 4.78 is 2.00. The summed E-state index contributed by atoms with van der Waals surface area (Å²) in [4.78, 5) is 9.37. The summed E-state index contributed by atoms with van der Waals surface area (Å²) in [5, 5.41) is 7.72. The van der Waals surface area contributed by atoms with Crippen molar-refractivity contribution < 1.29 is 9.90 Å². The van der Waals surface area contributed by atoms with Crippen LogP contribution in [0.25, 0.3) is 0 Å². The number of rotatable bonds is 1. The number of carbonyl (C=O) groups is 1. The first-order chi connectivity index (χ1) is 5.16. The highest BCUT2D eigenvalue weighted by Gasteiger charge is 1.80. The Morgan fingerprint density at radius 3 is 1.91 bits per heavy atom. The Balaban J connectivity index is 0.000000187. The SMILES string of the molecule is CCC(=O)O.Cn1cccc1. The van der Waals surface area contributed by atoms with Gasteiger partial charge in [-0.05, 0) is 12.1 Å². The van der Waals surface area contributed by atoms with Gasteiger partial charge in [-0.1, -0.05) is 6.92 Å². The second-order valence-electron chi connectivity index (χ2n) is 2.10. The normalized spacial score (nSPS) is 8.18. The molecule has 0 aliphatic heterocycles. The molecule has 0 amide bonds. The standard InChI is InChI=1S/C5H7N.C3H6O2/c1-6-4-2-3-5-6;1-2-3(4)5/h2-5H,1H3;2H2,1H3,(H,4,5). The lowest BCUT2D eigenvalue weighted by Gasteiger charge is -1.79. The van der Waals surface area contributed by atoms with Crippen LogP contribution in [0.3, 0.4) is 0 Å². The van der Waals surface area contributed by atoms with Gasteiger partial charge in [0.15, 0.2) is 0 Å². The van der Waals surface area contributed by atoms with Crippen LogP contribution in [0.2, 0.25) is 0 Å². The molecule has 3 heteroatoms. The second-order valence-corrected chi connectivity index (χ2v) is 2.10. The first-order valence-electron chi connectivity index (χ1n) is 3.45. The first kappa shape index (κ1) is 9.75. The molecule has 62 valence electrons. The predicted octanol–water partition coefficient (Wildman–Crippen LogP) is 1.51.